The molecule has 2 rings (SSSR count). The Morgan fingerprint density at radius 3 is 3.06 bits per heavy atom. The third-order valence-corrected chi connectivity index (χ3v) is 3.02. The van der Waals surface area contributed by atoms with Crippen LogP contribution in [-0.4, -0.2) is 18.1 Å². The molecule has 0 amide bonds. The van der Waals surface area contributed by atoms with Crippen LogP contribution in [0.2, 0.25) is 5.02 Å². The number of halogens is 1. The molecule has 0 aliphatic rings. The summed E-state index contributed by atoms with van der Waals surface area (Å²) in [6, 6.07) is 5.76. The number of fused-ring (bicyclic) bond motifs is 1. The van der Waals surface area contributed by atoms with Crippen LogP contribution < -0.4 is 0 Å². The first-order chi connectivity index (χ1) is 8.20. The Kier molecular flexibility index (Phi) is 3.69. The first-order valence-corrected chi connectivity index (χ1v) is 5.91. The molecule has 0 aliphatic heterocycles. The predicted molar refractivity (Wildman–Crippen MR) is 68.3 cm³/mol. The van der Waals surface area contributed by atoms with E-state index >= 15 is 0 Å². The number of methoxy groups -OCH3 is 1. The first-order valence-electron chi connectivity index (χ1n) is 5.53. The summed E-state index contributed by atoms with van der Waals surface area (Å²) in [5.41, 5.74) is 2.26. The quantitative estimate of drug-likeness (QED) is 0.847. The SMILES string of the molecule is COC(=O)CCCc1c[nH]c2ccc(Cl)cc12. The largest absolute Gasteiger partial charge is 0.469 e. The summed E-state index contributed by atoms with van der Waals surface area (Å²) < 4.78 is 4.61. The molecule has 0 spiro atoms. The number of aryl methyl sites for hydroxylation is 1. The van der Waals surface area contributed by atoms with Crippen LogP contribution in [0, 0.1) is 0 Å². The van der Waals surface area contributed by atoms with Crippen LogP contribution in [0.15, 0.2) is 24.4 Å². The second kappa shape index (κ2) is 5.23. The Morgan fingerprint density at radius 2 is 2.29 bits per heavy atom. The minimum absolute atomic E-state index is 0.164. The van der Waals surface area contributed by atoms with Crippen molar-refractivity contribution in [1.82, 2.24) is 4.98 Å². The van der Waals surface area contributed by atoms with E-state index in [-0.39, 0.29) is 5.97 Å². The molecule has 1 heterocycles. The van der Waals surface area contributed by atoms with E-state index in [1.165, 1.54) is 12.7 Å². The number of carbonyl (C=O) groups is 1. The van der Waals surface area contributed by atoms with Gasteiger partial charge in [-0.2, -0.15) is 0 Å². The number of aromatic amines is 1. The molecule has 0 atom stereocenters. The summed E-state index contributed by atoms with van der Waals surface area (Å²) in [5, 5.41) is 1.86. The van der Waals surface area contributed by atoms with Crippen molar-refractivity contribution in [3.05, 3.63) is 35.0 Å². The molecule has 1 N–H and O–H groups in total. The third-order valence-electron chi connectivity index (χ3n) is 2.78. The molecule has 1 aromatic carbocycles. The van der Waals surface area contributed by atoms with E-state index in [1.807, 2.05) is 24.4 Å². The molecule has 0 aliphatic carbocycles. The molecular weight excluding hydrogens is 238 g/mol. The van der Waals surface area contributed by atoms with Crippen LogP contribution in [0.1, 0.15) is 18.4 Å². The molecule has 90 valence electrons. The lowest BCUT2D eigenvalue weighted by Crippen LogP contribution is -2.00. The average molecular weight is 252 g/mol. The highest BCUT2D eigenvalue weighted by Crippen LogP contribution is 2.23. The van der Waals surface area contributed by atoms with Gasteiger partial charge < -0.3 is 9.72 Å². The molecule has 17 heavy (non-hydrogen) atoms. The van der Waals surface area contributed by atoms with Gasteiger partial charge in [0.05, 0.1) is 7.11 Å². The minimum atomic E-state index is -0.164. The topological polar surface area (TPSA) is 42.1 Å². The van der Waals surface area contributed by atoms with Gasteiger partial charge in [-0.05, 0) is 36.6 Å². The predicted octanol–water partition coefficient (Wildman–Crippen LogP) is 3.32. The molecule has 0 saturated heterocycles. The fourth-order valence-corrected chi connectivity index (χ4v) is 2.05. The van der Waals surface area contributed by atoms with Crippen molar-refractivity contribution in [2.75, 3.05) is 7.11 Å². The molecule has 0 fully saturated rings. The lowest BCUT2D eigenvalue weighted by Gasteiger charge is -2.00. The van der Waals surface area contributed by atoms with Gasteiger partial charge in [-0.1, -0.05) is 11.6 Å². The summed E-state index contributed by atoms with van der Waals surface area (Å²) in [6.45, 7) is 0. The van der Waals surface area contributed by atoms with Crippen LogP contribution in [0.3, 0.4) is 0 Å². The van der Waals surface area contributed by atoms with Crippen LogP contribution >= 0.6 is 11.6 Å². The van der Waals surface area contributed by atoms with E-state index in [2.05, 4.69) is 9.72 Å². The second-order valence-corrected chi connectivity index (χ2v) is 4.37. The van der Waals surface area contributed by atoms with Gasteiger partial charge in [0.15, 0.2) is 0 Å². The van der Waals surface area contributed by atoms with Crippen LogP contribution in [0.25, 0.3) is 10.9 Å². The van der Waals surface area contributed by atoms with E-state index in [0.29, 0.717) is 6.42 Å². The monoisotopic (exact) mass is 251 g/mol. The van der Waals surface area contributed by atoms with Gasteiger partial charge in [0.25, 0.3) is 0 Å². The maximum absolute atomic E-state index is 11.0. The number of hydrogen-bond donors (Lipinski definition) is 1. The number of benzene rings is 1. The summed E-state index contributed by atoms with van der Waals surface area (Å²) in [4.78, 5) is 14.2. The van der Waals surface area contributed by atoms with Crippen molar-refractivity contribution < 1.29 is 9.53 Å². The number of hydrogen-bond acceptors (Lipinski definition) is 2. The van der Waals surface area contributed by atoms with Crippen molar-refractivity contribution in [2.45, 2.75) is 19.3 Å². The first kappa shape index (κ1) is 12.0. The Bertz CT molecular complexity index is 533. The molecule has 0 bridgehead atoms. The Hall–Kier alpha value is -1.48. The number of H-pyrrole nitrogens is 1. The highest BCUT2D eigenvalue weighted by molar-refractivity contribution is 6.31. The van der Waals surface area contributed by atoms with Gasteiger partial charge >= 0.3 is 5.97 Å². The number of rotatable bonds is 4. The van der Waals surface area contributed by atoms with Crippen LogP contribution in [-0.2, 0) is 16.0 Å². The minimum Gasteiger partial charge on any atom is -0.469 e. The van der Waals surface area contributed by atoms with Crippen molar-refractivity contribution in [2.24, 2.45) is 0 Å². The normalized spacial score (nSPS) is 10.7. The maximum atomic E-state index is 11.0. The number of ether oxygens (including phenoxy) is 1. The summed E-state index contributed by atoms with van der Waals surface area (Å²) in [7, 11) is 1.41. The Balaban J connectivity index is 2.08. The van der Waals surface area contributed by atoms with Gasteiger partial charge in [-0.25, -0.2) is 0 Å². The van der Waals surface area contributed by atoms with Crippen molar-refractivity contribution >= 4 is 28.5 Å². The van der Waals surface area contributed by atoms with Gasteiger partial charge in [0.2, 0.25) is 0 Å². The molecule has 1 aromatic heterocycles. The zero-order valence-electron chi connectivity index (χ0n) is 9.63. The van der Waals surface area contributed by atoms with E-state index in [4.69, 9.17) is 11.6 Å². The zero-order valence-corrected chi connectivity index (χ0v) is 10.4. The lowest BCUT2D eigenvalue weighted by atomic mass is 10.1. The van der Waals surface area contributed by atoms with Crippen LogP contribution in [0.4, 0.5) is 0 Å². The number of carbonyl (C=O) groups excluding carboxylic acids is 1. The molecule has 0 saturated carbocycles. The van der Waals surface area contributed by atoms with E-state index in [1.54, 1.807) is 0 Å². The van der Waals surface area contributed by atoms with E-state index in [0.717, 1.165) is 28.8 Å². The van der Waals surface area contributed by atoms with Crippen LogP contribution in [0.5, 0.6) is 0 Å². The second-order valence-electron chi connectivity index (χ2n) is 3.93. The van der Waals surface area contributed by atoms with Gasteiger partial charge in [0.1, 0.15) is 0 Å². The van der Waals surface area contributed by atoms with E-state index < -0.39 is 0 Å². The number of nitrogens with one attached hydrogen (secondary N) is 1. The fourth-order valence-electron chi connectivity index (χ4n) is 1.88. The molecule has 4 heteroatoms. The molecule has 0 unspecified atom stereocenters. The fraction of sp³-hybridized carbons (Fsp3) is 0.308. The summed E-state index contributed by atoms with van der Waals surface area (Å²) in [5.74, 6) is -0.164. The smallest absolute Gasteiger partial charge is 0.305 e. The van der Waals surface area contributed by atoms with Gasteiger partial charge in [-0.3, -0.25) is 4.79 Å². The standard InChI is InChI=1S/C13H14ClNO2/c1-17-13(16)4-2-3-9-8-15-12-6-5-10(14)7-11(9)12/h5-8,15H,2-4H2,1H3. The summed E-state index contributed by atoms with van der Waals surface area (Å²) >= 11 is 5.97. The number of aromatic nitrogens is 1. The average Bonchev–Trinajstić information content (AvgIpc) is 2.72. The summed E-state index contributed by atoms with van der Waals surface area (Å²) in [6.07, 6.45) is 4.05. The molecule has 3 nitrogen and oxygen atoms in total. The lowest BCUT2D eigenvalue weighted by molar-refractivity contribution is -0.140. The van der Waals surface area contributed by atoms with Gasteiger partial charge in [0, 0.05) is 28.5 Å². The van der Waals surface area contributed by atoms with E-state index in [9.17, 15) is 4.79 Å². The molecule has 2 aromatic rings. The molecule has 0 radical (unpaired) electrons. The Labute approximate surface area is 105 Å². The molecular formula is C13H14ClNO2. The number of esters is 1. The van der Waals surface area contributed by atoms with Crippen molar-refractivity contribution in [1.29, 1.82) is 0 Å². The van der Waals surface area contributed by atoms with Gasteiger partial charge in [-0.15, -0.1) is 0 Å². The zero-order chi connectivity index (χ0) is 12.3. The third kappa shape index (κ3) is 2.80. The van der Waals surface area contributed by atoms with Crippen molar-refractivity contribution in [3.63, 3.8) is 0 Å². The highest BCUT2D eigenvalue weighted by atomic mass is 35.5. The maximum Gasteiger partial charge on any atom is 0.305 e. The van der Waals surface area contributed by atoms with Crippen molar-refractivity contribution in [3.8, 4) is 0 Å². The Morgan fingerprint density at radius 1 is 1.47 bits per heavy atom. The highest BCUT2D eigenvalue weighted by Gasteiger charge is 2.06.